The zero-order chi connectivity index (χ0) is 29.9. The van der Waals surface area contributed by atoms with Crippen molar-refractivity contribution in [3.8, 4) is 17.2 Å². The SMILES string of the molecule is CCCc1ccc(Oc2c(C(F)(F)F)oc3c(C[NH+]4CCCCC4)c(OC(=O)c4ccc(F)cc4)ccc3c2=O)cc1. The maximum atomic E-state index is 14.3. The topological polar surface area (TPSA) is 70.2 Å². The number of carbonyl (C=O) groups excluding carboxylic acids is 1. The Morgan fingerprint density at radius 1 is 0.952 bits per heavy atom. The lowest BCUT2D eigenvalue weighted by Crippen LogP contribution is -3.11. The summed E-state index contributed by atoms with van der Waals surface area (Å²) in [5, 5.41) is -0.131. The van der Waals surface area contributed by atoms with Gasteiger partial charge in [0, 0.05) is 0 Å². The summed E-state index contributed by atoms with van der Waals surface area (Å²) in [6, 6.07) is 13.8. The molecule has 1 aromatic heterocycles. The Balaban J connectivity index is 1.62. The molecule has 5 rings (SSSR count). The number of hydrogen-bond donors (Lipinski definition) is 1. The number of carbonyl (C=O) groups is 1. The number of ether oxygens (including phenoxy) is 2. The Morgan fingerprint density at radius 2 is 1.64 bits per heavy atom. The highest BCUT2D eigenvalue weighted by Crippen LogP contribution is 2.40. The van der Waals surface area contributed by atoms with Crippen molar-refractivity contribution >= 4 is 16.9 Å². The standard InChI is InChI=1S/C32H29F4NO5/c1-2-6-20-7-13-23(14-8-20)40-29-27(38)24-15-16-26(41-31(39)21-9-11-22(33)12-10-21)25(19-37-17-4-3-5-18-37)28(24)42-30(29)32(34,35)36/h7-16H,2-6,17-19H2,1H3/p+1. The van der Waals surface area contributed by atoms with Crippen LogP contribution in [0.2, 0.25) is 0 Å². The number of halogens is 4. The highest BCUT2D eigenvalue weighted by atomic mass is 19.4. The van der Waals surface area contributed by atoms with Crippen LogP contribution in [0.1, 0.15) is 59.9 Å². The van der Waals surface area contributed by atoms with Crippen LogP contribution >= 0.6 is 0 Å². The minimum absolute atomic E-state index is 0.0358. The van der Waals surface area contributed by atoms with Gasteiger partial charge >= 0.3 is 12.1 Å². The average Bonchev–Trinajstić information content (AvgIpc) is 2.97. The van der Waals surface area contributed by atoms with Gasteiger partial charge in [0.15, 0.2) is 5.58 Å². The van der Waals surface area contributed by atoms with E-state index in [1.807, 2.05) is 6.92 Å². The molecule has 1 aliphatic rings. The van der Waals surface area contributed by atoms with Gasteiger partial charge in [-0.25, -0.2) is 9.18 Å². The van der Waals surface area contributed by atoms with Crippen molar-refractivity contribution < 1.29 is 41.1 Å². The van der Waals surface area contributed by atoms with E-state index in [1.165, 1.54) is 36.4 Å². The first-order valence-electron chi connectivity index (χ1n) is 13.9. The average molecular weight is 585 g/mol. The van der Waals surface area contributed by atoms with Crippen LogP contribution in [0.5, 0.6) is 17.2 Å². The molecule has 1 N–H and O–H groups in total. The number of rotatable bonds is 8. The van der Waals surface area contributed by atoms with Crippen LogP contribution in [0, 0.1) is 5.82 Å². The maximum Gasteiger partial charge on any atom is 0.453 e. The van der Waals surface area contributed by atoms with Crippen molar-refractivity contribution in [2.45, 2.75) is 51.7 Å². The fourth-order valence-corrected chi connectivity index (χ4v) is 5.18. The van der Waals surface area contributed by atoms with Crippen molar-refractivity contribution in [2.75, 3.05) is 13.1 Å². The van der Waals surface area contributed by atoms with Gasteiger partial charge in [-0.3, -0.25) is 4.79 Å². The van der Waals surface area contributed by atoms with Crippen molar-refractivity contribution in [1.29, 1.82) is 0 Å². The second-order valence-electron chi connectivity index (χ2n) is 10.4. The third kappa shape index (κ3) is 6.49. The summed E-state index contributed by atoms with van der Waals surface area (Å²) in [4.78, 5) is 27.5. The number of esters is 1. The molecule has 0 saturated carbocycles. The molecule has 0 radical (unpaired) electrons. The van der Waals surface area contributed by atoms with Crippen molar-refractivity contribution in [3.63, 3.8) is 0 Å². The molecule has 0 spiro atoms. The number of fused-ring (bicyclic) bond motifs is 1. The van der Waals surface area contributed by atoms with E-state index in [2.05, 4.69) is 0 Å². The summed E-state index contributed by atoms with van der Waals surface area (Å²) >= 11 is 0. The zero-order valence-electron chi connectivity index (χ0n) is 23.0. The van der Waals surface area contributed by atoms with Gasteiger partial charge in [0.05, 0.1) is 29.6 Å². The lowest BCUT2D eigenvalue weighted by Gasteiger charge is -2.25. The number of piperidine rings is 1. The van der Waals surface area contributed by atoms with Crippen LogP contribution in [-0.2, 0) is 19.1 Å². The molecule has 0 aliphatic carbocycles. The van der Waals surface area contributed by atoms with Crippen LogP contribution in [-0.4, -0.2) is 19.1 Å². The van der Waals surface area contributed by atoms with Gasteiger partial charge in [-0.05, 0) is 79.8 Å². The Hall–Kier alpha value is -4.18. The molecule has 1 fully saturated rings. The second kappa shape index (κ2) is 12.4. The van der Waals surface area contributed by atoms with E-state index in [1.54, 1.807) is 12.1 Å². The number of benzene rings is 3. The molecule has 42 heavy (non-hydrogen) atoms. The highest BCUT2D eigenvalue weighted by molar-refractivity contribution is 5.92. The maximum absolute atomic E-state index is 14.3. The Bertz CT molecular complexity index is 1620. The quantitative estimate of drug-likeness (QED) is 0.146. The summed E-state index contributed by atoms with van der Waals surface area (Å²) in [7, 11) is 0. The van der Waals surface area contributed by atoms with Gasteiger partial charge in [0.1, 0.15) is 23.9 Å². The summed E-state index contributed by atoms with van der Waals surface area (Å²) in [6.45, 7) is 3.69. The zero-order valence-corrected chi connectivity index (χ0v) is 23.0. The number of alkyl halides is 3. The first-order valence-corrected chi connectivity index (χ1v) is 13.9. The molecule has 0 atom stereocenters. The van der Waals surface area contributed by atoms with Crippen LogP contribution < -0.4 is 19.8 Å². The number of aryl methyl sites for hydroxylation is 1. The Morgan fingerprint density at radius 3 is 2.29 bits per heavy atom. The van der Waals surface area contributed by atoms with Crippen LogP contribution in [0.25, 0.3) is 11.0 Å². The molecule has 0 bridgehead atoms. The van der Waals surface area contributed by atoms with E-state index in [4.69, 9.17) is 13.9 Å². The highest BCUT2D eigenvalue weighted by Gasteiger charge is 2.41. The van der Waals surface area contributed by atoms with E-state index in [0.29, 0.717) is 0 Å². The smallest absolute Gasteiger partial charge is 0.449 e. The van der Waals surface area contributed by atoms with Gasteiger partial charge in [-0.1, -0.05) is 25.5 Å². The predicted molar refractivity (Wildman–Crippen MR) is 148 cm³/mol. The molecule has 1 aliphatic heterocycles. The minimum atomic E-state index is -5.05. The van der Waals surface area contributed by atoms with Gasteiger partial charge in [0.2, 0.25) is 11.2 Å². The molecular formula is C32H30F4NO5+. The largest absolute Gasteiger partial charge is 0.453 e. The Labute approximate surface area is 239 Å². The van der Waals surface area contributed by atoms with Gasteiger partial charge in [0.25, 0.3) is 5.76 Å². The molecular weight excluding hydrogens is 554 g/mol. The second-order valence-corrected chi connectivity index (χ2v) is 10.4. The van der Waals surface area contributed by atoms with Crippen LogP contribution in [0.4, 0.5) is 17.6 Å². The van der Waals surface area contributed by atoms with Crippen LogP contribution in [0.3, 0.4) is 0 Å². The molecule has 220 valence electrons. The molecule has 0 amide bonds. The molecule has 1 saturated heterocycles. The van der Waals surface area contributed by atoms with E-state index in [9.17, 15) is 27.2 Å². The molecule has 10 heteroatoms. The summed E-state index contributed by atoms with van der Waals surface area (Å²) < 4.78 is 73.0. The van der Waals surface area contributed by atoms with Gasteiger partial charge in [-0.15, -0.1) is 0 Å². The van der Waals surface area contributed by atoms with Crippen molar-refractivity contribution in [2.24, 2.45) is 0 Å². The summed E-state index contributed by atoms with van der Waals surface area (Å²) in [5.41, 5.74) is -0.108. The summed E-state index contributed by atoms with van der Waals surface area (Å²) in [5.74, 6) is -3.88. The predicted octanol–water partition coefficient (Wildman–Crippen LogP) is 6.48. The van der Waals surface area contributed by atoms with Crippen molar-refractivity contribution in [3.05, 3.63) is 99.2 Å². The number of quaternary nitrogens is 1. The lowest BCUT2D eigenvalue weighted by molar-refractivity contribution is -0.918. The van der Waals surface area contributed by atoms with Gasteiger partial charge < -0.3 is 18.8 Å². The van der Waals surface area contributed by atoms with E-state index >= 15 is 0 Å². The van der Waals surface area contributed by atoms with E-state index in [-0.39, 0.29) is 40.1 Å². The molecule has 6 nitrogen and oxygen atoms in total. The molecule has 3 aromatic carbocycles. The fraction of sp³-hybridized carbons (Fsp3) is 0.312. The van der Waals surface area contributed by atoms with Crippen molar-refractivity contribution in [1.82, 2.24) is 0 Å². The van der Waals surface area contributed by atoms with E-state index in [0.717, 1.165) is 67.8 Å². The fourth-order valence-electron chi connectivity index (χ4n) is 5.18. The monoisotopic (exact) mass is 584 g/mol. The summed E-state index contributed by atoms with van der Waals surface area (Å²) in [6.07, 6.45) is -0.466. The van der Waals surface area contributed by atoms with E-state index < -0.39 is 34.9 Å². The van der Waals surface area contributed by atoms with Gasteiger partial charge in [-0.2, -0.15) is 13.2 Å². The van der Waals surface area contributed by atoms with Crippen LogP contribution in [0.15, 0.2) is 69.9 Å². The first kappa shape index (κ1) is 29.3. The molecule has 4 aromatic rings. The third-order valence-corrected chi connectivity index (χ3v) is 7.29. The minimum Gasteiger partial charge on any atom is -0.449 e. The first-order chi connectivity index (χ1) is 20.1. The number of nitrogens with one attached hydrogen (secondary N) is 1. The lowest BCUT2D eigenvalue weighted by atomic mass is 10.1. The third-order valence-electron chi connectivity index (χ3n) is 7.29. The normalized spacial score (nSPS) is 14.2. The Kier molecular flexibility index (Phi) is 8.63. The molecule has 0 unspecified atom stereocenters. The molecule has 2 heterocycles. The number of hydrogen-bond acceptors (Lipinski definition) is 5. The number of likely N-dealkylation sites (tertiary alicyclic amines) is 1.